The van der Waals surface area contributed by atoms with E-state index in [-0.39, 0.29) is 31.2 Å². The average Bonchev–Trinajstić information content (AvgIpc) is 3.72. The number of hydrogen-bond acceptors (Lipinski definition) is 12. The number of benzene rings is 1. The van der Waals surface area contributed by atoms with Crippen molar-refractivity contribution in [3.05, 3.63) is 59.3 Å². The normalized spacial score (nSPS) is 21.2. The number of nitrogen functional groups attached to an aromatic ring is 1. The Hall–Kier alpha value is -3.03. The van der Waals surface area contributed by atoms with Gasteiger partial charge in [-0.3, -0.25) is 9.05 Å². The monoisotopic (exact) mass is 819 g/mol. The van der Waals surface area contributed by atoms with E-state index in [0.29, 0.717) is 23.4 Å². The van der Waals surface area contributed by atoms with Gasteiger partial charge in [0.25, 0.3) is 0 Å². The van der Waals surface area contributed by atoms with Crippen molar-refractivity contribution >= 4 is 19.2 Å². The van der Waals surface area contributed by atoms with Crippen molar-refractivity contribution in [3.63, 3.8) is 0 Å². The van der Waals surface area contributed by atoms with Crippen LogP contribution in [0.1, 0.15) is 133 Å². The van der Waals surface area contributed by atoms with E-state index in [4.69, 9.17) is 29.0 Å². The van der Waals surface area contributed by atoms with E-state index in [0.717, 1.165) is 25.3 Å². The van der Waals surface area contributed by atoms with Crippen LogP contribution >= 0.6 is 7.82 Å². The van der Waals surface area contributed by atoms with Crippen molar-refractivity contribution in [2.24, 2.45) is 0 Å². The van der Waals surface area contributed by atoms with Gasteiger partial charge in [0.2, 0.25) is 0 Å². The minimum Gasteiger partial charge on any atom is -0.387 e. The molecule has 3 heterocycles. The Morgan fingerprint density at radius 3 is 2.21 bits per heavy atom. The van der Waals surface area contributed by atoms with Crippen LogP contribution in [0.5, 0.6) is 0 Å². The minimum atomic E-state index is -4.80. The standard InChI is InChI=1S/C41H63FN5O9P/c1-3-4-5-6-7-8-9-10-11-12-13-14-15-16-17-18-21-52-27-34(28-53-26-32-22-31(25-43)23-33(42)24-32)56-57(50,51)54-29-36-38(48)39(49)41(2,55-36)37-20-19-35-40(44)45-30-46-47(35)37/h19-20,22-24,30,34,36,38-39,48-49H,3-18,21,26-29H2,1-2H3,(H,50,51)(H2,44,45,46)/t34-,36-,38-,39-,41+/m1/s1. The SMILES string of the molecule is CCCCCCCCCCCCCCCCCCOC[C@H](COCc1cc(F)cc(C#N)c1)OP(=O)(O)OC[C@H]1O[C@@](C)(c2ccc3c(N)ncnn23)[C@H](O)[C@@H]1O. The topological polar surface area (TPSA) is 204 Å². The molecule has 0 bridgehead atoms. The summed E-state index contributed by atoms with van der Waals surface area (Å²) in [5, 5.41) is 35.3. The van der Waals surface area contributed by atoms with Gasteiger partial charge in [-0.2, -0.15) is 10.4 Å². The summed E-state index contributed by atoms with van der Waals surface area (Å²) in [6.45, 7) is 3.22. The summed E-state index contributed by atoms with van der Waals surface area (Å²) in [5.41, 5.74) is 5.86. The number of aromatic nitrogens is 3. The summed E-state index contributed by atoms with van der Waals surface area (Å²) in [7, 11) is -4.80. The molecule has 0 amide bonds. The number of aliphatic hydroxyl groups excluding tert-OH is 2. The van der Waals surface area contributed by atoms with Crippen molar-refractivity contribution < 1.29 is 47.3 Å². The van der Waals surface area contributed by atoms with Crippen LogP contribution in [0.25, 0.3) is 5.52 Å². The van der Waals surface area contributed by atoms with Gasteiger partial charge in [0.15, 0.2) is 5.82 Å². The number of fused-ring (bicyclic) bond motifs is 1. The molecule has 0 radical (unpaired) electrons. The summed E-state index contributed by atoms with van der Waals surface area (Å²) in [6.07, 6.45) is 16.1. The van der Waals surface area contributed by atoms with E-state index in [2.05, 4.69) is 17.0 Å². The first-order valence-electron chi connectivity index (χ1n) is 20.6. The van der Waals surface area contributed by atoms with Crippen molar-refractivity contribution in [1.82, 2.24) is 14.6 Å². The van der Waals surface area contributed by atoms with Crippen LogP contribution in [0.2, 0.25) is 0 Å². The molecule has 57 heavy (non-hydrogen) atoms. The highest BCUT2D eigenvalue weighted by Crippen LogP contribution is 2.47. The molecular formula is C41H63FN5O9P. The highest BCUT2D eigenvalue weighted by molar-refractivity contribution is 7.47. The Bertz CT molecular complexity index is 1730. The van der Waals surface area contributed by atoms with Gasteiger partial charge in [-0.15, -0.1) is 0 Å². The van der Waals surface area contributed by atoms with Gasteiger partial charge >= 0.3 is 7.82 Å². The van der Waals surface area contributed by atoms with Crippen molar-refractivity contribution in [2.75, 3.05) is 32.2 Å². The van der Waals surface area contributed by atoms with Crippen LogP contribution in [0.4, 0.5) is 10.2 Å². The molecule has 0 saturated carbocycles. The molecule has 2 aromatic heterocycles. The number of hydrogen-bond donors (Lipinski definition) is 4. The lowest BCUT2D eigenvalue weighted by atomic mass is 9.93. The number of nitriles is 1. The largest absolute Gasteiger partial charge is 0.472 e. The lowest BCUT2D eigenvalue weighted by molar-refractivity contribution is -0.0907. The Morgan fingerprint density at radius 2 is 1.58 bits per heavy atom. The van der Waals surface area contributed by atoms with Crippen molar-refractivity contribution in [3.8, 4) is 6.07 Å². The third-order valence-electron chi connectivity index (χ3n) is 10.4. The molecule has 16 heteroatoms. The first-order chi connectivity index (χ1) is 27.5. The Balaban J connectivity index is 1.20. The summed E-state index contributed by atoms with van der Waals surface area (Å²) < 4.78 is 56.9. The fourth-order valence-corrected chi connectivity index (χ4v) is 8.12. The Kier molecular flexibility index (Phi) is 19.8. The molecule has 4 rings (SSSR count). The highest BCUT2D eigenvalue weighted by atomic mass is 31.2. The van der Waals surface area contributed by atoms with Crippen molar-refractivity contribution in [1.29, 1.82) is 5.26 Å². The molecule has 1 aliphatic heterocycles. The number of phosphoric acid groups is 1. The number of rotatable bonds is 29. The average molecular weight is 820 g/mol. The molecule has 0 aliphatic carbocycles. The maximum absolute atomic E-state index is 14.0. The lowest BCUT2D eigenvalue weighted by Gasteiger charge is -2.27. The zero-order valence-electron chi connectivity index (χ0n) is 33.6. The smallest absolute Gasteiger partial charge is 0.387 e. The van der Waals surface area contributed by atoms with Crippen LogP contribution in [-0.2, 0) is 40.0 Å². The second-order valence-electron chi connectivity index (χ2n) is 15.2. The number of phosphoric ester groups is 1. The molecule has 14 nitrogen and oxygen atoms in total. The van der Waals surface area contributed by atoms with Gasteiger partial charge in [0, 0.05) is 6.61 Å². The maximum Gasteiger partial charge on any atom is 0.472 e. The number of aliphatic hydroxyl groups is 2. The number of nitrogens with zero attached hydrogens (tertiary/aromatic N) is 4. The van der Waals surface area contributed by atoms with E-state index >= 15 is 0 Å². The van der Waals surface area contributed by atoms with E-state index in [1.54, 1.807) is 19.1 Å². The summed E-state index contributed by atoms with van der Waals surface area (Å²) in [5.74, 6) is -0.377. The first-order valence-corrected chi connectivity index (χ1v) is 22.1. The third kappa shape index (κ3) is 14.9. The van der Waals surface area contributed by atoms with Crippen LogP contribution in [0, 0.1) is 17.1 Å². The lowest BCUT2D eigenvalue weighted by Crippen LogP contribution is -2.39. The minimum absolute atomic E-state index is 0.0917. The molecule has 6 atom stereocenters. The highest BCUT2D eigenvalue weighted by Gasteiger charge is 2.54. The Labute approximate surface area is 336 Å². The fourth-order valence-electron chi connectivity index (χ4n) is 7.23. The molecule has 1 unspecified atom stereocenters. The second kappa shape index (κ2) is 24.1. The molecule has 1 aliphatic rings. The first kappa shape index (κ1) is 46.7. The second-order valence-corrected chi connectivity index (χ2v) is 16.6. The van der Waals surface area contributed by atoms with Gasteiger partial charge < -0.3 is 35.1 Å². The number of unbranched alkanes of at least 4 members (excludes halogenated alkanes) is 15. The molecule has 1 saturated heterocycles. The molecule has 3 aromatic rings. The zero-order chi connectivity index (χ0) is 41.1. The molecular weight excluding hydrogens is 756 g/mol. The summed E-state index contributed by atoms with van der Waals surface area (Å²) in [6, 6.07) is 9.02. The number of nitrogens with two attached hydrogens (primary N) is 1. The fraction of sp³-hybridized carbons (Fsp3) is 0.683. The Morgan fingerprint density at radius 1 is 0.965 bits per heavy atom. The zero-order valence-corrected chi connectivity index (χ0v) is 34.5. The van der Waals surface area contributed by atoms with E-state index in [9.17, 15) is 29.3 Å². The molecule has 318 valence electrons. The van der Waals surface area contributed by atoms with Gasteiger partial charge in [0.05, 0.1) is 43.8 Å². The molecule has 1 fully saturated rings. The predicted molar refractivity (Wildman–Crippen MR) is 213 cm³/mol. The van der Waals surface area contributed by atoms with Gasteiger partial charge in [-0.1, -0.05) is 103 Å². The van der Waals surface area contributed by atoms with Gasteiger partial charge in [0.1, 0.15) is 47.7 Å². The van der Waals surface area contributed by atoms with Gasteiger partial charge in [-0.25, -0.2) is 18.5 Å². The van der Waals surface area contributed by atoms with Crippen LogP contribution in [0.15, 0.2) is 36.7 Å². The van der Waals surface area contributed by atoms with Crippen LogP contribution < -0.4 is 5.73 Å². The maximum atomic E-state index is 14.0. The predicted octanol–water partition coefficient (Wildman–Crippen LogP) is 7.66. The van der Waals surface area contributed by atoms with E-state index in [1.165, 1.54) is 106 Å². The third-order valence-corrected chi connectivity index (χ3v) is 11.5. The molecule has 1 aromatic carbocycles. The van der Waals surface area contributed by atoms with E-state index < -0.39 is 50.3 Å². The quantitative estimate of drug-likeness (QED) is 0.0393. The summed E-state index contributed by atoms with van der Waals surface area (Å²) in [4.78, 5) is 14.7. The number of ether oxygens (including phenoxy) is 3. The number of anilines is 1. The molecule has 5 N–H and O–H groups in total. The van der Waals surface area contributed by atoms with Gasteiger partial charge in [-0.05, 0) is 49.2 Å². The van der Waals surface area contributed by atoms with Crippen LogP contribution in [-0.4, -0.2) is 80.5 Å². The molecule has 0 spiro atoms. The number of halogens is 1. The summed E-state index contributed by atoms with van der Waals surface area (Å²) >= 11 is 0. The van der Waals surface area contributed by atoms with Crippen molar-refractivity contribution in [2.45, 2.75) is 153 Å². The van der Waals surface area contributed by atoms with E-state index in [1.807, 2.05) is 6.07 Å². The van der Waals surface area contributed by atoms with Crippen LogP contribution in [0.3, 0.4) is 0 Å².